The predicted molar refractivity (Wildman–Crippen MR) is 96.7 cm³/mol. The van der Waals surface area contributed by atoms with Crippen LogP contribution in [0.15, 0.2) is 18.3 Å². The fraction of sp³-hybridized carbons (Fsp3) is 0.579. The van der Waals surface area contributed by atoms with Gasteiger partial charge in [-0.3, -0.25) is 9.59 Å². The van der Waals surface area contributed by atoms with Gasteiger partial charge in [-0.05, 0) is 38.7 Å². The quantitative estimate of drug-likeness (QED) is 0.823. The highest BCUT2D eigenvalue weighted by Crippen LogP contribution is 2.29. The maximum atomic E-state index is 12.9. The first-order valence-corrected chi connectivity index (χ1v) is 9.42. The summed E-state index contributed by atoms with van der Waals surface area (Å²) < 4.78 is 1.85. The molecule has 0 radical (unpaired) electrons. The van der Waals surface area contributed by atoms with Crippen LogP contribution in [0.3, 0.4) is 0 Å². The number of rotatable bonds is 2. The first-order chi connectivity index (χ1) is 12.5. The molecule has 0 saturated carbocycles. The van der Waals surface area contributed by atoms with Crippen LogP contribution in [0.5, 0.6) is 0 Å². The lowest BCUT2D eigenvalue weighted by molar-refractivity contribution is -0.143. The van der Waals surface area contributed by atoms with Crippen molar-refractivity contribution in [3.63, 3.8) is 0 Å². The third-order valence-corrected chi connectivity index (χ3v) is 5.72. The van der Waals surface area contributed by atoms with Crippen LogP contribution in [0.1, 0.15) is 49.9 Å². The molecule has 0 aliphatic carbocycles. The number of hydrogen-bond acceptors (Lipinski definition) is 4. The summed E-state index contributed by atoms with van der Waals surface area (Å²) in [5.41, 5.74) is 3.05. The maximum Gasteiger partial charge on any atom is 0.245 e. The van der Waals surface area contributed by atoms with Gasteiger partial charge in [0.25, 0.3) is 0 Å². The van der Waals surface area contributed by atoms with Gasteiger partial charge in [0, 0.05) is 49.9 Å². The third kappa shape index (κ3) is 2.95. The smallest absolute Gasteiger partial charge is 0.245 e. The van der Waals surface area contributed by atoms with Gasteiger partial charge in [-0.25, -0.2) is 9.50 Å². The molecule has 4 rings (SSSR count). The van der Waals surface area contributed by atoms with Crippen LogP contribution in [-0.2, 0) is 9.59 Å². The van der Waals surface area contributed by atoms with E-state index in [0.29, 0.717) is 12.5 Å². The predicted octanol–water partition coefficient (Wildman–Crippen LogP) is 1.75. The van der Waals surface area contributed by atoms with E-state index in [2.05, 4.69) is 11.2 Å². The van der Waals surface area contributed by atoms with Gasteiger partial charge < -0.3 is 9.80 Å². The first kappa shape index (κ1) is 17.0. The van der Waals surface area contributed by atoms with Crippen molar-refractivity contribution in [3.05, 3.63) is 29.7 Å². The average Bonchev–Trinajstić information content (AvgIpc) is 3.30. The largest absolute Gasteiger partial charge is 0.341 e. The van der Waals surface area contributed by atoms with E-state index in [-0.39, 0.29) is 17.9 Å². The van der Waals surface area contributed by atoms with E-state index < -0.39 is 0 Å². The lowest BCUT2D eigenvalue weighted by atomic mass is 9.92. The maximum absolute atomic E-state index is 12.9. The van der Waals surface area contributed by atoms with E-state index >= 15 is 0 Å². The zero-order chi connectivity index (χ0) is 18.3. The number of amides is 2. The topological polar surface area (TPSA) is 70.8 Å². The van der Waals surface area contributed by atoms with E-state index in [1.165, 1.54) is 0 Å². The Kier molecular flexibility index (Phi) is 4.38. The Morgan fingerprint density at radius 1 is 1.15 bits per heavy atom. The van der Waals surface area contributed by atoms with Crippen molar-refractivity contribution in [2.75, 3.05) is 19.6 Å². The van der Waals surface area contributed by atoms with Crippen LogP contribution in [0.2, 0.25) is 0 Å². The van der Waals surface area contributed by atoms with E-state index in [1.807, 2.05) is 22.4 Å². The van der Waals surface area contributed by atoms with Crippen molar-refractivity contribution in [2.45, 2.75) is 51.5 Å². The lowest BCUT2D eigenvalue weighted by Gasteiger charge is -2.35. The molecule has 1 atom stereocenters. The molecule has 2 aromatic rings. The summed E-state index contributed by atoms with van der Waals surface area (Å²) in [6, 6.07) is 3.77. The Morgan fingerprint density at radius 3 is 2.65 bits per heavy atom. The van der Waals surface area contributed by atoms with Crippen LogP contribution in [0.4, 0.5) is 0 Å². The summed E-state index contributed by atoms with van der Waals surface area (Å²) in [5, 5.41) is 4.27. The van der Waals surface area contributed by atoms with Gasteiger partial charge in [-0.1, -0.05) is 0 Å². The van der Waals surface area contributed by atoms with Crippen molar-refractivity contribution in [1.29, 1.82) is 0 Å². The van der Waals surface area contributed by atoms with Crippen molar-refractivity contribution < 1.29 is 9.59 Å². The molecule has 2 aromatic heterocycles. The molecule has 1 unspecified atom stereocenters. The minimum Gasteiger partial charge on any atom is -0.341 e. The van der Waals surface area contributed by atoms with Gasteiger partial charge in [-0.15, -0.1) is 0 Å². The fourth-order valence-electron chi connectivity index (χ4n) is 4.31. The summed E-state index contributed by atoms with van der Waals surface area (Å²) in [7, 11) is 0. The summed E-state index contributed by atoms with van der Waals surface area (Å²) in [6.07, 6.45) is 5.30. The molecule has 2 fully saturated rings. The second-order valence-electron chi connectivity index (χ2n) is 7.39. The third-order valence-electron chi connectivity index (χ3n) is 5.72. The summed E-state index contributed by atoms with van der Waals surface area (Å²) in [6.45, 7) is 5.77. The molecular formula is C19H25N5O2. The molecule has 2 saturated heterocycles. The number of carbonyl (C=O) groups excluding carboxylic acids is 2. The average molecular weight is 355 g/mol. The van der Waals surface area contributed by atoms with Crippen molar-refractivity contribution >= 4 is 17.5 Å². The molecule has 0 aromatic carbocycles. The van der Waals surface area contributed by atoms with Crippen LogP contribution < -0.4 is 0 Å². The summed E-state index contributed by atoms with van der Waals surface area (Å²) >= 11 is 0. The second kappa shape index (κ2) is 6.70. The van der Waals surface area contributed by atoms with E-state index in [1.54, 1.807) is 18.0 Å². The zero-order valence-electron chi connectivity index (χ0n) is 15.4. The summed E-state index contributed by atoms with van der Waals surface area (Å²) in [4.78, 5) is 33.0. The molecule has 0 spiro atoms. The fourth-order valence-corrected chi connectivity index (χ4v) is 4.31. The van der Waals surface area contributed by atoms with Gasteiger partial charge in [0.15, 0.2) is 5.65 Å². The van der Waals surface area contributed by atoms with Crippen LogP contribution in [0.25, 0.3) is 5.65 Å². The minimum absolute atomic E-state index is 0.00419. The number of nitrogens with zero attached hydrogens (tertiary/aromatic N) is 5. The van der Waals surface area contributed by atoms with Gasteiger partial charge in [0.2, 0.25) is 11.8 Å². The van der Waals surface area contributed by atoms with Crippen LogP contribution >= 0.6 is 0 Å². The van der Waals surface area contributed by atoms with E-state index in [0.717, 1.165) is 55.8 Å². The Labute approximate surface area is 153 Å². The number of aryl methyl sites for hydroxylation is 1. The first-order valence-electron chi connectivity index (χ1n) is 9.42. The van der Waals surface area contributed by atoms with Gasteiger partial charge in [0.1, 0.15) is 6.04 Å². The van der Waals surface area contributed by atoms with Gasteiger partial charge >= 0.3 is 0 Å². The molecule has 138 valence electrons. The van der Waals surface area contributed by atoms with Crippen LogP contribution in [-0.4, -0.2) is 61.9 Å². The SMILES string of the molecule is CC(=O)N1CCCC1C(=O)N1CCC(c2cc(C)n3nccc3n2)CC1. The lowest BCUT2D eigenvalue weighted by Crippen LogP contribution is -2.49. The monoisotopic (exact) mass is 355 g/mol. The Hall–Kier alpha value is -2.44. The van der Waals surface area contributed by atoms with E-state index in [4.69, 9.17) is 4.98 Å². The molecule has 2 aliphatic heterocycles. The van der Waals surface area contributed by atoms with E-state index in [9.17, 15) is 9.59 Å². The van der Waals surface area contributed by atoms with Crippen molar-refractivity contribution in [3.8, 4) is 0 Å². The molecule has 0 N–H and O–H groups in total. The molecule has 0 bridgehead atoms. The number of carbonyl (C=O) groups is 2. The summed E-state index contributed by atoms with van der Waals surface area (Å²) in [5.74, 6) is 0.487. The standard InChI is InChI=1S/C19H25N5O2/c1-13-12-16(21-18-5-8-20-24(13)18)15-6-10-22(11-7-15)19(26)17-4-3-9-23(17)14(2)25/h5,8,12,15,17H,3-4,6-7,9-11H2,1-2H3. The molecular weight excluding hydrogens is 330 g/mol. The number of piperidine rings is 1. The number of fused-ring (bicyclic) bond motifs is 1. The molecule has 7 heteroatoms. The molecule has 2 aliphatic rings. The zero-order valence-corrected chi connectivity index (χ0v) is 15.4. The molecule has 2 amide bonds. The Morgan fingerprint density at radius 2 is 1.92 bits per heavy atom. The normalized spacial score (nSPS) is 21.5. The Bertz CT molecular complexity index is 838. The number of likely N-dealkylation sites (tertiary alicyclic amines) is 2. The molecule has 4 heterocycles. The Balaban J connectivity index is 1.43. The van der Waals surface area contributed by atoms with Crippen molar-refractivity contribution in [1.82, 2.24) is 24.4 Å². The highest BCUT2D eigenvalue weighted by atomic mass is 16.2. The number of hydrogen-bond donors (Lipinski definition) is 0. The van der Waals surface area contributed by atoms with Gasteiger partial charge in [-0.2, -0.15) is 5.10 Å². The number of aromatic nitrogens is 3. The van der Waals surface area contributed by atoms with Crippen molar-refractivity contribution in [2.24, 2.45) is 0 Å². The molecule has 26 heavy (non-hydrogen) atoms. The van der Waals surface area contributed by atoms with Gasteiger partial charge in [0.05, 0.1) is 6.20 Å². The highest BCUT2D eigenvalue weighted by molar-refractivity contribution is 5.87. The minimum atomic E-state index is -0.257. The second-order valence-corrected chi connectivity index (χ2v) is 7.39. The van der Waals surface area contributed by atoms with Crippen LogP contribution in [0, 0.1) is 6.92 Å². The molecule has 7 nitrogen and oxygen atoms in total. The highest BCUT2D eigenvalue weighted by Gasteiger charge is 2.36.